The van der Waals surface area contributed by atoms with E-state index in [1.54, 1.807) is 0 Å². The highest BCUT2D eigenvalue weighted by Crippen LogP contribution is 2.48. The lowest BCUT2D eigenvalue weighted by Gasteiger charge is -2.21. The number of nitrogens with zero attached hydrogens (tertiary/aromatic N) is 2. The van der Waals surface area contributed by atoms with Crippen LogP contribution in [0.5, 0.6) is 5.75 Å². The Morgan fingerprint density at radius 2 is 1.15 bits per heavy atom. The molecule has 0 aliphatic heterocycles. The topological polar surface area (TPSA) is 51.2 Å². The highest BCUT2D eigenvalue weighted by molar-refractivity contribution is 6.64. The van der Waals surface area contributed by atoms with E-state index in [-0.39, 0.29) is 0 Å². The van der Waals surface area contributed by atoms with Gasteiger partial charge in [-0.25, -0.2) is 4.98 Å². The summed E-state index contributed by atoms with van der Waals surface area (Å²) >= 11 is 0. The first-order valence-corrected chi connectivity index (χ1v) is 18.1. The van der Waals surface area contributed by atoms with Crippen LogP contribution in [0.25, 0.3) is 93.8 Å². The van der Waals surface area contributed by atoms with Crippen molar-refractivity contribution in [3.8, 4) is 45.1 Å². The second kappa shape index (κ2) is 11.8. The minimum Gasteiger partial charge on any atom is -0.508 e. The normalized spacial score (nSPS) is 11.8. The molecule has 0 atom stereocenters. The number of furan rings is 1. The Balaban J connectivity index is 1.41. The molecule has 0 saturated carbocycles. The SMILES string of the molecule is Bc1c(B)c(B)c(-c2ccc3c(-c4nc5ccccc5n4-c4ccccc4)c4ccccc4c(-c4cccc5oc6ccccc6c45)c3c2)c(O)c1B. The van der Waals surface area contributed by atoms with Crippen molar-refractivity contribution in [3.05, 3.63) is 140 Å². The number of phenolic OH excluding ortho intramolecular Hbond substituents is 1. The Labute approximate surface area is 310 Å². The van der Waals surface area contributed by atoms with Gasteiger partial charge in [0.25, 0.3) is 0 Å². The summed E-state index contributed by atoms with van der Waals surface area (Å²) in [6, 6.07) is 48.9. The van der Waals surface area contributed by atoms with Gasteiger partial charge >= 0.3 is 0 Å². The molecule has 2 heterocycles. The maximum Gasteiger partial charge on any atom is 0.146 e. The fourth-order valence-electron chi connectivity index (χ4n) is 8.53. The largest absolute Gasteiger partial charge is 0.508 e. The van der Waals surface area contributed by atoms with Crippen molar-refractivity contribution in [3.63, 3.8) is 0 Å². The van der Waals surface area contributed by atoms with Crippen molar-refractivity contribution in [2.75, 3.05) is 0 Å². The van der Waals surface area contributed by atoms with Gasteiger partial charge in [0.1, 0.15) is 54.1 Å². The molecule has 0 fully saturated rings. The van der Waals surface area contributed by atoms with Crippen molar-refractivity contribution < 1.29 is 9.52 Å². The van der Waals surface area contributed by atoms with Crippen molar-refractivity contribution in [1.29, 1.82) is 0 Å². The summed E-state index contributed by atoms with van der Waals surface area (Å²) in [6.45, 7) is 0. The number of para-hydroxylation sites is 4. The van der Waals surface area contributed by atoms with E-state index in [9.17, 15) is 5.11 Å². The van der Waals surface area contributed by atoms with Crippen LogP contribution in [0, 0.1) is 0 Å². The van der Waals surface area contributed by atoms with Gasteiger partial charge in [-0.2, -0.15) is 0 Å². The molecule has 0 amide bonds. The Morgan fingerprint density at radius 3 is 1.96 bits per heavy atom. The fraction of sp³-hybridized carbons (Fsp3) is 0. The third-order valence-electron chi connectivity index (χ3n) is 11.4. The quantitative estimate of drug-likeness (QED) is 0.212. The second-order valence-corrected chi connectivity index (χ2v) is 14.2. The van der Waals surface area contributed by atoms with Crippen molar-refractivity contribution >= 4 is 108 Å². The van der Waals surface area contributed by atoms with Gasteiger partial charge in [0.2, 0.25) is 0 Å². The molecule has 0 aliphatic carbocycles. The van der Waals surface area contributed by atoms with Gasteiger partial charge in [-0.15, -0.1) is 5.46 Å². The second-order valence-electron chi connectivity index (χ2n) is 14.2. The summed E-state index contributed by atoms with van der Waals surface area (Å²) in [5.41, 5.74) is 14.2. The van der Waals surface area contributed by atoms with E-state index >= 15 is 0 Å². The van der Waals surface area contributed by atoms with E-state index in [0.29, 0.717) is 5.75 Å². The van der Waals surface area contributed by atoms with Crippen molar-refractivity contribution in [2.24, 2.45) is 0 Å². The smallest absolute Gasteiger partial charge is 0.146 e. The average Bonchev–Trinajstić information content (AvgIpc) is 3.78. The number of rotatable bonds is 4. The molecule has 8 heteroatoms. The summed E-state index contributed by atoms with van der Waals surface area (Å²) in [7, 11) is 8.37. The van der Waals surface area contributed by atoms with Gasteiger partial charge < -0.3 is 9.52 Å². The number of fused-ring (bicyclic) bond motifs is 6. The highest BCUT2D eigenvalue weighted by atomic mass is 16.3. The molecule has 2 aromatic heterocycles. The molecular weight excluding hydrogens is 644 g/mol. The molecule has 10 aromatic rings. The van der Waals surface area contributed by atoms with Gasteiger partial charge in [0.05, 0.1) is 11.0 Å². The third kappa shape index (κ3) is 4.58. The van der Waals surface area contributed by atoms with E-state index in [2.05, 4.69) is 155 Å². The molecule has 53 heavy (non-hydrogen) atoms. The molecule has 246 valence electrons. The van der Waals surface area contributed by atoms with Gasteiger partial charge in [0, 0.05) is 27.6 Å². The maximum absolute atomic E-state index is 11.7. The number of benzene rings is 8. The minimum absolute atomic E-state index is 0.335. The van der Waals surface area contributed by atoms with Crippen LogP contribution in [0.1, 0.15) is 0 Å². The van der Waals surface area contributed by atoms with Crippen molar-refractivity contribution in [1.82, 2.24) is 9.55 Å². The molecule has 0 aliphatic rings. The maximum atomic E-state index is 11.7. The first-order chi connectivity index (χ1) is 25.9. The molecule has 0 radical (unpaired) electrons. The van der Waals surface area contributed by atoms with Crippen LogP contribution in [-0.2, 0) is 0 Å². The summed E-state index contributed by atoms with van der Waals surface area (Å²) < 4.78 is 8.73. The van der Waals surface area contributed by atoms with Crippen LogP contribution in [0.15, 0.2) is 144 Å². The predicted octanol–water partition coefficient (Wildman–Crippen LogP) is 4.97. The summed E-state index contributed by atoms with van der Waals surface area (Å²) in [4.78, 5) is 5.39. The third-order valence-corrected chi connectivity index (χ3v) is 11.4. The Bertz CT molecular complexity index is 3100. The van der Waals surface area contributed by atoms with E-state index in [1.807, 2.05) is 20.0 Å². The van der Waals surface area contributed by atoms with Crippen LogP contribution in [-0.4, -0.2) is 46.0 Å². The van der Waals surface area contributed by atoms with Crippen LogP contribution < -0.4 is 21.9 Å². The molecular formula is C45H32B4N2O2. The lowest BCUT2D eigenvalue weighted by molar-refractivity contribution is 0.482. The number of phenols is 1. The number of hydrogen-bond donors (Lipinski definition) is 1. The molecule has 0 unspecified atom stereocenters. The summed E-state index contributed by atoms with van der Waals surface area (Å²) in [5.74, 6) is 1.22. The Morgan fingerprint density at radius 1 is 0.509 bits per heavy atom. The highest BCUT2D eigenvalue weighted by Gasteiger charge is 2.25. The Hall–Kier alpha value is -6.39. The van der Waals surface area contributed by atoms with Gasteiger partial charge in [0.15, 0.2) is 0 Å². The number of imidazole rings is 1. The monoisotopic (exact) mass is 676 g/mol. The molecule has 0 saturated heterocycles. The van der Waals surface area contributed by atoms with Gasteiger partial charge in [-0.1, -0.05) is 113 Å². The molecule has 0 spiro atoms. The summed E-state index contributed by atoms with van der Waals surface area (Å²) in [6.07, 6.45) is 0. The zero-order valence-electron chi connectivity index (χ0n) is 30.0. The van der Waals surface area contributed by atoms with Crippen LogP contribution in [0.4, 0.5) is 0 Å². The first kappa shape index (κ1) is 31.4. The van der Waals surface area contributed by atoms with E-state index in [4.69, 9.17) is 9.40 Å². The zero-order chi connectivity index (χ0) is 36.0. The number of aromatic nitrogens is 2. The predicted molar refractivity (Wildman–Crippen MR) is 234 cm³/mol. The molecule has 1 N–H and O–H groups in total. The Kier molecular flexibility index (Phi) is 7.00. The first-order valence-electron chi connectivity index (χ1n) is 18.1. The standard InChI is InChI=1S/C45H32B4N2O2/c46-40-36(44(52)43(49)42(48)41(40)47)24-21-22-28-31(23-24)37(30-16-10-20-35-38(30)29-15-6-9-19-34(29)53-35)26-13-4-5-14-27(26)39(28)45-50-32-17-7-8-18-33(32)51(45)25-11-2-1-3-12-25/h1-23,52H,46-49H2. The van der Waals surface area contributed by atoms with Gasteiger partial charge in [-0.3, -0.25) is 4.57 Å². The molecule has 4 nitrogen and oxygen atoms in total. The van der Waals surface area contributed by atoms with E-state index < -0.39 is 0 Å². The van der Waals surface area contributed by atoms with Crippen LogP contribution >= 0.6 is 0 Å². The average molecular weight is 676 g/mol. The minimum atomic E-state index is 0.335. The summed E-state index contributed by atoms with van der Waals surface area (Å²) in [5, 5.41) is 18.3. The lowest BCUT2D eigenvalue weighted by atomic mass is 9.64. The molecule has 10 rings (SSSR count). The van der Waals surface area contributed by atoms with Crippen molar-refractivity contribution in [2.45, 2.75) is 0 Å². The van der Waals surface area contributed by atoms with Crippen LogP contribution in [0.3, 0.4) is 0 Å². The van der Waals surface area contributed by atoms with E-state index in [1.165, 1.54) is 5.46 Å². The fourth-order valence-corrected chi connectivity index (χ4v) is 8.53. The number of aromatic hydroxyl groups is 1. The van der Waals surface area contributed by atoms with E-state index in [0.717, 1.165) is 110 Å². The lowest BCUT2D eigenvalue weighted by Crippen LogP contribution is -2.48. The number of hydrogen-bond acceptors (Lipinski definition) is 3. The van der Waals surface area contributed by atoms with Crippen LogP contribution in [0.2, 0.25) is 0 Å². The van der Waals surface area contributed by atoms with Gasteiger partial charge in [-0.05, 0) is 80.7 Å². The zero-order valence-corrected chi connectivity index (χ0v) is 30.0. The molecule has 0 bridgehead atoms. The molecule has 8 aromatic carbocycles.